The minimum Gasteiger partial charge on any atom is -0.348 e. The number of pyridine rings is 1. The fraction of sp³-hybridized carbons (Fsp3) is 0.125. The molecule has 110 valence electrons. The summed E-state index contributed by atoms with van der Waals surface area (Å²) in [7, 11) is 0. The molecule has 0 saturated heterocycles. The number of benzene rings is 1. The monoisotopic (exact) mass is 293 g/mol. The molecule has 3 rings (SSSR count). The number of aromatic nitrogens is 4. The number of hydrogen-bond donors (Lipinski definition) is 1. The van der Waals surface area contributed by atoms with Crippen molar-refractivity contribution in [2.24, 2.45) is 0 Å². The van der Waals surface area contributed by atoms with Gasteiger partial charge in [0.05, 0.1) is 0 Å². The van der Waals surface area contributed by atoms with Crippen molar-refractivity contribution in [1.82, 2.24) is 25.1 Å². The van der Waals surface area contributed by atoms with Gasteiger partial charge in [0.15, 0.2) is 5.82 Å². The molecule has 0 radical (unpaired) electrons. The van der Waals surface area contributed by atoms with Gasteiger partial charge in [0.2, 0.25) is 0 Å². The Balaban J connectivity index is 1.64. The Bertz CT molecular complexity index is 765. The van der Waals surface area contributed by atoms with E-state index < -0.39 is 0 Å². The summed E-state index contributed by atoms with van der Waals surface area (Å²) in [4.78, 5) is 20.3. The summed E-state index contributed by atoms with van der Waals surface area (Å²) in [5, 5.41) is 6.91. The summed E-state index contributed by atoms with van der Waals surface area (Å²) >= 11 is 0. The van der Waals surface area contributed by atoms with Crippen LogP contribution in [0.2, 0.25) is 0 Å². The molecular weight excluding hydrogens is 278 g/mol. The molecule has 6 heteroatoms. The molecule has 0 bridgehead atoms. The van der Waals surface area contributed by atoms with Gasteiger partial charge < -0.3 is 5.32 Å². The summed E-state index contributed by atoms with van der Waals surface area (Å²) in [6.45, 7) is 2.35. The molecule has 6 nitrogen and oxygen atoms in total. The topological polar surface area (TPSA) is 72.7 Å². The molecule has 2 heterocycles. The third-order valence-corrected chi connectivity index (χ3v) is 3.31. The standard InChI is InChI=1S/C16H15N5O/c1-12-4-2-3-5-14(12)16(22)19-9-13-6-7-15(18-8-13)21-11-17-10-20-21/h2-8,10-11H,9H2,1H3,(H,19,22). The van der Waals surface area contributed by atoms with Gasteiger partial charge in [-0.3, -0.25) is 4.79 Å². The molecule has 0 unspecified atom stereocenters. The molecular formula is C16H15N5O. The van der Waals surface area contributed by atoms with Crippen molar-refractivity contribution in [3.05, 3.63) is 71.9 Å². The molecule has 0 atom stereocenters. The maximum Gasteiger partial charge on any atom is 0.251 e. The zero-order chi connectivity index (χ0) is 15.4. The minimum atomic E-state index is -0.0848. The van der Waals surface area contributed by atoms with Crippen LogP contribution >= 0.6 is 0 Å². The van der Waals surface area contributed by atoms with Crippen LogP contribution < -0.4 is 5.32 Å². The lowest BCUT2D eigenvalue weighted by Crippen LogP contribution is -2.23. The van der Waals surface area contributed by atoms with Gasteiger partial charge in [-0.25, -0.2) is 14.6 Å². The van der Waals surface area contributed by atoms with Crippen molar-refractivity contribution in [3.63, 3.8) is 0 Å². The van der Waals surface area contributed by atoms with E-state index in [4.69, 9.17) is 0 Å². The van der Waals surface area contributed by atoms with E-state index in [1.54, 1.807) is 17.2 Å². The molecule has 3 aromatic rings. The van der Waals surface area contributed by atoms with Crippen LogP contribution in [0, 0.1) is 6.92 Å². The molecule has 22 heavy (non-hydrogen) atoms. The molecule has 1 amide bonds. The van der Waals surface area contributed by atoms with E-state index in [1.165, 1.54) is 6.33 Å². The van der Waals surface area contributed by atoms with E-state index in [0.717, 1.165) is 11.1 Å². The molecule has 0 aliphatic heterocycles. The Morgan fingerprint density at radius 2 is 2.09 bits per heavy atom. The highest BCUT2D eigenvalue weighted by molar-refractivity contribution is 5.95. The lowest BCUT2D eigenvalue weighted by molar-refractivity contribution is 0.0950. The van der Waals surface area contributed by atoms with Crippen molar-refractivity contribution in [2.75, 3.05) is 0 Å². The van der Waals surface area contributed by atoms with Gasteiger partial charge in [0, 0.05) is 18.3 Å². The summed E-state index contributed by atoms with van der Waals surface area (Å²) in [5.41, 5.74) is 2.57. The van der Waals surface area contributed by atoms with E-state index in [1.807, 2.05) is 43.3 Å². The maximum atomic E-state index is 12.1. The number of aryl methyl sites for hydroxylation is 1. The van der Waals surface area contributed by atoms with Crippen LogP contribution in [-0.4, -0.2) is 25.7 Å². The summed E-state index contributed by atoms with van der Waals surface area (Å²) in [5.74, 6) is 0.602. The van der Waals surface area contributed by atoms with Crippen LogP contribution in [0.25, 0.3) is 5.82 Å². The smallest absolute Gasteiger partial charge is 0.251 e. The minimum absolute atomic E-state index is 0.0848. The number of rotatable bonds is 4. The molecule has 0 fully saturated rings. The zero-order valence-corrected chi connectivity index (χ0v) is 12.1. The van der Waals surface area contributed by atoms with Crippen molar-refractivity contribution in [1.29, 1.82) is 0 Å². The lowest BCUT2D eigenvalue weighted by Gasteiger charge is -2.08. The third-order valence-electron chi connectivity index (χ3n) is 3.31. The first-order valence-electron chi connectivity index (χ1n) is 6.88. The fourth-order valence-electron chi connectivity index (χ4n) is 2.09. The predicted octanol–water partition coefficient (Wildman–Crippen LogP) is 1.90. The number of carbonyl (C=O) groups excluding carboxylic acids is 1. The Hall–Kier alpha value is -3.02. The highest BCUT2D eigenvalue weighted by Gasteiger charge is 2.07. The van der Waals surface area contributed by atoms with Crippen LogP contribution in [0.1, 0.15) is 21.5 Å². The quantitative estimate of drug-likeness (QED) is 0.797. The van der Waals surface area contributed by atoms with Crippen molar-refractivity contribution in [2.45, 2.75) is 13.5 Å². The molecule has 2 aromatic heterocycles. The van der Waals surface area contributed by atoms with Crippen molar-refractivity contribution in [3.8, 4) is 5.82 Å². The Morgan fingerprint density at radius 3 is 2.77 bits per heavy atom. The molecule has 1 N–H and O–H groups in total. The fourth-order valence-corrected chi connectivity index (χ4v) is 2.09. The second-order valence-corrected chi connectivity index (χ2v) is 4.86. The highest BCUT2D eigenvalue weighted by Crippen LogP contribution is 2.08. The summed E-state index contributed by atoms with van der Waals surface area (Å²) in [6, 6.07) is 11.3. The molecule has 0 spiro atoms. The highest BCUT2D eigenvalue weighted by atomic mass is 16.1. The van der Waals surface area contributed by atoms with Gasteiger partial charge >= 0.3 is 0 Å². The average Bonchev–Trinajstić information content (AvgIpc) is 3.08. The van der Waals surface area contributed by atoms with E-state index in [2.05, 4.69) is 20.4 Å². The molecule has 0 saturated carbocycles. The SMILES string of the molecule is Cc1ccccc1C(=O)NCc1ccc(-n2cncn2)nc1. The molecule has 1 aromatic carbocycles. The van der Waals surface area contributed by atoms with E-state index in [0.29, 0.717) is 17.9 Å². The van der Waals surface area contributed by atoms with E-state index in [-0.39, 0.29) is 5.91 Å². The van der Waals surface area contributed by atoms with Gasteiger partial charge in [0.1, 0.15) is 12.7 Å². The summed E-state index contributed by atoms with van der Waals surface area (Å²) in [6.07, 6.45) is 4.76. The normalized spacial score (nSPS) is 10.4. The molecule has 0 aliphatic carbocycles. The van der Waals surface area contributed by atoms with E-state index >= 15 is 0 Å². The Kier molecular flexibility index (Phi) is 3.91. The van der Waals surface area contributed by atoms with Crippen LogP contribution in [0.4, 0.5) is 0 Å². The van der Waals surface area contributed by atoms with Crippen molar-refractivity contribution >= 4 is 5.91 Å². The first-order chi connectivity index (χ1) is 10.7. The number of nitrogens with zero attached hydrogens (tertiary/aromatic N) is 4. The summed E-state index contributed by atoms with van der Waals surface area (Å²) < 4.78 is 1.58. The maximum absolute atomic E-state index is 12.1. The van der Waals surface area contributed by atoms with Gasteiger partial charge in [-0.2, -0.15) is 5.10 Å². The Morgan fingerprint density at radius 1 is 1.23 bits per heavy atom. The van der Waals surface area contributed by atoms with Gasteiger partial charge in [-0.05, 0) is 30.2 Å². The van der Waals surface area contributed by atoms with Crippen molar-refractivity contribution < 1.29 is 4.79 Å². The van der Waals surface area contributed by atoms with Crippen LogP contribution in [0.15, 0.2) is 55.2 Å². The Labute approximate surface area is 127 Å². The van der Waals surface area contributed by atoms with Gasteiger partial charge in [0.25, 0.3) is 5.91 Å². The van der Waals surface area contributed by atoms with Crippen LogP contribution in [-0.2, 0) is 6.54 Å². The second-order valence-electron chi connectivity index (χ2n) is 4.86. The van der Waals surface area contributed by atoms with Crippen LogP contribution in [0.5, 0.6) is 0 Å². The first kappa shape index (κ1) is 13.9. The van der Waals surface area contributed by atoms with E-state index in [9.17, 15) is 4.79 Å². The van der Waals surface area contributed by atoms with Gasteiger partial charge in [-0.1, -0.05) is 24.3 Å². The number of amides is 1. The first-order valence-corrected chi connectivity index (χ1v) is 6.88. The third kappa shape index (κ3) is 3.01. The zero-order valence-electron chi connectivity index (χ0n) is 12.1. The molecule has 0 aliphatic rings. The van der Waals surface area contributed by atoms with Crippen LogP contribution in [0.3, 0.4) is 0 Å². The second kappa shape index (κ2) is 6.17. The lowest BCUT2D eigenvalue weighted by atomic mass is 10.1. The number of nitrogens with one attached hydrogen (secondary N) is 1. The number of carbonyl (C=O) groups is 1. The number of hydrogen-bond acceptors (Lipinski definition) is 4. The van der Waals surface area contributed by atoms with Gasteiger partial charge in [-0.15, -0.1) is 0 Å². The average molecular weight is 293 g/mol. The predicted molar refractivity (Wildman–Crippen MR) is 81.5 cm³/mol. The largest absolute Gasteiger partial charge is 0.348 e.